The Kier molecular flexibility index (Phi) is 11.8. The van der Waals surface area contributed by atoms with Gasteiger partial charge in [0.25, 0.3) is 13.6 Å². The van der Waals surface area contributed by atoms with Crippen molar-refractivity contribution in [2.24, 2.45) is 0 Å². The minimum Gasteiger partial charge on any atom is -0.631 e. The summed E-state index contributed by atoms with van der Waals surface area (Å²) in [6, 6.07) is 7.39. The van der Waals surface area contributed by atoms with Gasteiger partial charge in [0.15, 0.2) is 0 Å². The zero-order valence-electron chi connectivity index (χ0n) is 21.8. The molecule has 1 aromatic carbocycles. The monoisotopic (exact) mass is 585 g/mol. The molecular formula is C27H41BrNO6P+. The number of carbonyl (C=O) groups is 2. The molecule has 7 nitrogen and oxygen atoms in total. The van der Waals surface area contributed by atoms with Crippen LogP contribution in [-0.4, -0.2) is 47.8 Å². The van der Waals surface area contributed by atoms with E-state index in [0.717, 1.165) is 55.8 Å². The van der Waals surface area contributed by atoms with Gasteiger partial charge in [-0.2, -0.15) is 4.84 Å². The highest BCUT2D eigenvalue weighted by Gasteiger charge is 2.61. The van der Waals surface area contributed by atoms with Crippen LogP contribution in [0.5, 0.6) is 0 Å². The Bertz CT molecular complexity index is 817. The molecule has 1 aromatic rings. The van der Waals surface area contributed by atoms with Gasteiger partial charge in [-0.25, -0.2) is 9.05 Å². The largest absolute Gasteiger partial charge is 0.644 e. The number of rotatable bonds is 12. The number of hydroxylamine groups is 2. The van der Waals surface area contributed by atoms with Crippen LogP contribution in [-0.2, 0) is 23.5 Å². The summed E-state index contributed by atoms with van der Waals surface area (Å²) in [7, 11) is -4.04. The molecule has 2 fully saturated rings. The van der Waals surface area contributed by atoms with E-state index in [1.807, 2.05) is 5.06 Å². The number of ketones is 1. The summed E-state index contributed by atoms with van der Waals surface area (Å²) in [6.07, 6.45) is 10.6. The van der Waals surface area contributed by atoms with Crippen molar-refractivity contribution in [1.29, 1.82) is 0 Å². The lowest BCUT2D eigenvalue weighted by Gasteiger charge is -2.36. The van der Waals surface area contributed by atoms with E-state index in [9.17, 15) is 14.5 Å². The van der Waals surface area contributed by atoms with Gasteiger partial charge in [-0.3, -0.25) is 4.79 Å². The average molecular weight is 587 g/mol. The SMILES string of the molecule is CCO[P+]([O-])(OCC)[C@@H](C(=[O+])ON(C1CCCCC1)C1CCCCC1)[C@H](C(C)=O)c1ccc(Br)cc1. The number of benzene rings is 1. The van der Waals surface area contributed by atoms with E-state index in [0.29, 0.717) is 5.56 Å². The fraction of sp³-hybridized carbons (Fsp3) is 0.704. The fourth-order valence-corrected chi connectivity index (χ4v) is 8.02. The summed E-state index contributed by atoms with van der Waals surface area (Å²) in [4.78, 5) is 47.5. The second-order valence-electron chi connectivity index (χ2n) is 9.81. The first-order chi connectivity index (χ1) is 17.3. The molecule has 0 spiro atoms. The number of halogens is 1. The highest BCUT2D eigenvalue weighted by atomic mass is 79.9. The predicted molar refractivity (Wildman–Crippen MR) is 143 cm³/mol. The van der Waals surface area contributed by atoms with Crippen LogP contribution in [0.25, 0.3) is 0 Å². The minimum absolute atomic E-state index is 0.0843. The Hall–Kier alpha value is -0.890. The quantitative estimate of drug-likeness (QED) is 0.166. The predicted octanol–water partition coefficient (Wildman–Crippen LogP) is 6.11. The molecular weight excluding hydrogens is 545 g/mol. The van der Waals surface area contributed by atoms with Crippen LogP contribution in [0.1, 0.15) is 96.5 Å². The molecule has 0 saturated heterocycles. The van der Waals surface area contributed by atoms with Gasteiger partial charge in [0.2, 0.25) is 0 Å². The third-order valence-electron chi connectivity index (χ3n) is 7.25. The zero-order valence-corrected chi connectivity index (χ0v) is 24.3. The summed E-state index contributed by atoms with van der Waals surface area (Å²) in [6.45, 7) is 4.98. The van der Waals surface area contributed by atoms with Gasteiger partial charge in [-0.15, -0.1) is 0 Å². The van der Waals surface area contributed by atoms with E-state index in [1.165, 1.54) is 19.8 Å². The smallest absolute Gasteiger partial charge is 0.631 e. The lowest BCUT2D eigenvalue weighted by atomic mass is 9.90. The Morgan fingerprint density at radius 2 is 1.47 bits per heavy atom. The fourth-order valence-electron chi connectivity index (χ4n) is 5.59. The number of carbonyl (C=O) groups excluding carboxylic acids is 2. The number of hydrogen-bond acceptors (Lipinski definition) is 7. The van der Waals surface area contributed by atoms with Gasteiger partial charge in [0.1, 0.15) is 11.7 Å². The van der Waals surface area contributed by atoms with E-state index in [-0.39, 0.29) is 31.1 Å². The topological polar surface area (TPSA) is 91.0 Å². The molecule has 0 bridgehead atoms. The molecule has 1 radical (unpaired) electrons. The first kappa shape index (κ1) is 29.7. The highest BCUT2D eigenvalue weighted by Crippen LogP contribution is 2.61. The molecule has 201 valence electrons. The summed E-state index contributed by atoms with van der Waals surface area (Å²) in [5.41, 5.74) is -0.820. The Morgan fingerprint density at radius 1 is 1.00 bits per heavy atom. The van der Waals surface area contributed by atoms with E-state index >= 15 is 0 Å². The Labute approximate surface area is 224 Å². The molecule has 0 aromatic heterocycles. The molecule has 9 heteroatoms. The van der Waals surface area contributed by atoms with Crippen molar-refractivity contribution in [3.8, 4) is 0 Å². The van der Waals surface area contributed by atoms with Gasteiger partial charge < -0.3 is 4.89 Å². The van der Waals surface area contributed by atoms with Gasteiger partial charge in [0, 0.05) is 4.47 Å². The lowest BCUT2D eigenvalue weighted by molar-refractivity contribution is -0.236. The molecule has 36 heavy (non-hydrogen) atoms. The number of nitrogens with zero attached hydrogens (tertiary/aromatic N) is 1. The highest BCUT2D eigenvalue weighted by molar-refractivity contribution is 9.10. The lowest BCUT2D eigenvalue weighted by Crippen LogP contribution is -2.50. The second-order valence-corrected chi connectivity index (χ2v) is 12.9. The third-order valence-corrected chi connectivity index (χ3v) is 10.2. The first-order valence-electron chi connectivity index (χ1n) is 13.5. The van der Waals surface area contributed by atoms with Crippen molar-refractivity contribution in [3.05, 3.63) is 34.3 Å². The van der Waals surface area contributed by atoms with Crippen molar-refractivity contribution < 1.29 is 28.4 Å². The maximum Gasteiger partial charge on any atom is 0.644 e. The molecule has 0 aliphatic heterocycles. The molecule has 2 saturated carbocycles. The average Bonchev–Trinajstić information content (AvgIpc) is 2.87. The van der Waals surface area contributed by atoms with E-state index in [4.69, 9.17) is 13.9 Å². The molecule has 2 aliphatic carbocycles. The van der Waals surface area contributed by atoms with E-state index in [1.54, 1.807) is 38.1 Å². The van der Waals surface area contributed by atoms with Crippen molar-refractivity contribution in [3.63, 3.8) is 0 Å². The van der Waals surface area contributed by atoms with E-state index in [2.05, 4.69) is 15.9 Å². The summed E-state index contributed by atoms with van der Waals surface area (Å²) in [5, 5.41) is 1.90. The van der Waals surface area contributed by atoms with Crippen molar-refractivity contribution in [2.75, 3.05) is 13.2 Å². The van der Waals surface area contributed by atoms with Crippen LogP contribution in [0.4, 0.5) is 0 Å². The van der Waals surface area contributed by atoms with Crippen molar-refractivity contribution >= 4 is 35.6 Å². The van der Waals surface area contributed by atoms with Crippen molar-refractivity contribution in [2.45, 2.75) is 109 Å². The molecule has 2 atom stereocenters. The van der Waals surface area contributed by atoms with Crippen molar-refractivity contribution in [1.82, 2.24) is 5.06 Å². The van der Waals surface area contributed by atoms with Gasteiger partial charge in [-0.05, 0) is 69.2 Å². The van der Waals surface area contributed by atoms with Gasteiger partial charge >= 0.3 is 5.97 Å². The molecule has 0 N–H and O–H groups in total. The first-order valence-corrected chi connectivity index (χ1v) is 15.9. The maximum absolute atomic E-state index is 14.1. The molecule has 0 heterocycles. The summed E-state index contributed by atoms with van der Waals surface area (Å²) in [5.74, 6) is -2.02. The van der Waals surface area contributed by atoms with Crippen LogP contribution < -0.4 is 4.89 Å². The van der Waals surface area contributed by atoms with Gasteiger partial charge in [0.05, 0.1) is 30.1 Å². The van der Waals surface area contributed by atoms with Crippen LogP contribution in [0, 0.1) is 0 Å². The third kappa shape index (κ3) is 7.58. The van der Waals surface area contributed by atoms with Gasteiger partial charge in [-0.1, -0.05) is 66.6 Å². The molecule has 3 rings (SSSR count). The second kappa shape index (κ2) is 14.3. The Balaban J connectivity index is 2.01. The minimum atomic E-state index is -4.04. The summed E-state index contributed by atoms with van der Waals surface area (Å²) < 4.78 is 12.1. The van der Waals surface area contributed by atoms with Crippen LogP contribution >= 0.6 is 23.9 Å². The van der Waals surface area contributed by atoms with Crippen LogP contribution in [0.2, 0.25) is 0 Å². The summed E-state index contributed by atoms with van der Waals surface area (Å²) >= 11 is 3.42. The molecule has 2 aliphatic rings. The number of hydrogen-bond donors (Lipinski definition) is 0. The molecule has 0 amide bonds. The Morgan fingerprint density at radius 3 is 1.89 bits per heavy atom. The number of Topliss-reactive ketones (excluding diaryl/α,β-unsaturated/α-hetero) is 1. The van der Waals surface area contributed by atoms with Crippen LogP contribution in [0.3, 0.4) is 0 Å². The normalized spacial score (nSPS) is 19.7. The zero-order chi connectivity index (χ0) is 26.1. The molecule has 0 unspecified atom stereocenters. The van der Waals surface area contributed by atoms with Crippen LogP contribution in [0.15, 0.2) is 28.7 Å². The standard InChI is InChI=1S/C27H41BrNO6P/c1-4-33-36(32,34-5-2)26(25(20(3)30)21-16-18-22(28)19-17-21)27(31)35-29(23-12-8-6-9-13-23)24-14-10-7-11-15-24/h16-19,23-26H,4-15H2,1-3H3/q+1/t25-,26-/m1/s1. The van der Waals surface area contributed by atoms with E-state index < -0.39 is 25.5 Å². The maximum atomic E-state index is 14.1.